The van der Waals surface area contributed by atoms with Crippen molar-refractivity contribution in [2.45, 2.75) is 132 Å². The van der Waals surface area contributed by atoms with Crippen molar-refractivity contribution < 1.29 is 37.2 Å². The van der Waals surface area contributed by atoms with Gasteiger partial charge in [-0.05, 0) is 69.8 Å². The van der Waals surface area contributed by atoms with Gasteiger partial charge in [0, 0.05) is 12.3 Å². The van der Waals surface area contributed by atoms with Gasteiger partial charge in [-0.25, -0.2) is 13.2 Å². The molecular formula is C36H49N5O8S. The van der Waals surface area contributed by atoms with Crippen molar-refractivity contribution >= 4 is 39.5 Å². The van der Waals surface area contributed by atoms with E-state index in [0.717, 1.165) is 56.2 Å². The maximum absolute atomic E-state index is 14.3. The summed E-state index contributed by atoms with van der Waals surface area (Å²) in [6.45, 7) is 2.07. The van der Waals surface area contributed by atoms with E-state index in [1.165, 1.54) is 4.90 Å². The van der Waals surface area contributed by atoms with E-state index in [9.17, 15) is 27.6 Å². The van der Waals surface area contributed by atoms with Crippen LogP contribution in [0.25, 0.3) is 0 Å². The zero-order chi connectivity index (χ0) is 35.3. The Balaban J connectivity index is 1.26. The molecule has 13 nitrogen and oxygen atoms in total. The van der Waals surface area contributed by atoms with Gasteiger partial charge in [0.2, 0.25) is 21.8 Å². The summed E-state index contributed by atoms with van der Waals surface area (Å²) in [5, 5.41) is 9.53. The minimum absolute atomic E-state index is 0.0308. The van der Waals surface area contributed by atoms with Crippen LogP contribution in [0.5, 0.6) is 0 Å². The van der Waals surface area contributed by atoms with Crippen LogP contribution in [0.15, 0.2) is 47.6 Å². The van der Waals surface area contributed by atoms with Crippen LogP contribution < -0.4 is 15.4 Å². The molecule has 5 aliphatic rings. The molecule has 5 atom stereocenters. The van der Waals surface area contributed by atoms with Gasteiger partial charge in [0.25, 0.3) is 5.91 Å². The van der Waals surface area contributed by atoms with Crippen LogP contribution in [0.4, 0.5) is 4.79 Å². The van der Waals surface area contributed by atoms with E-state index in [4.69, 9.17) is 9.57 Å². The average molecular weight is 712 g/mol. The van der Waals surface area contributed by atoms with Crippen molar-refractivity contribution in [3.05, 3.63) is 48.0 Å². The van der Waals surface area contributed by atoms with Gasteiger partial charge in [-0.1, -0.05) is 73.8 Å². The van der Waals surface area contributed by atoms with Crippen LogP contribution in [-0.4, -0.2) is 84.5 Å². The number of fused-ring (bicyclic) bond motifs is 2. The molecule has 2 aliphatic heterocycles. The zero-order valence-corrected chi connectivity index (χ0v) is 29.5. The van der Waals surface area contributed by atoms with Crippen molar-refractivity contribution in [2.24, 2.45) is 11.1 Å². The normalized spacial score (nSPS) is 29.9. The summed E-state index contributed by atoms with van der Waals surface area (Å²) in [6, 6.07) is 7.65. The molecule has 50 heavy (non-hydrogen) atoms. The topological polar surface area (TPSA) is 173 Å². The Morgan fingerprint density at radius 1 is 1.02 bits per heavy atom. The first kappa shape index (κ1) is 35.9. The molecule has 14 heteroatoms. The number of sulfonamides is 1. The Labute approximate surface area is 294 Å². The number of nitrogens with zero attached hydrogens (tertiary/aromatic N) is 2. The van der Waals surface area contributed by atoms with Gasteiger partial charge in [0.1, 0.15) is 29.8 Å². The Morgan fingerprint density at radius 2 is 1.80 bits per heavy atom. The Kier molecular flexibility index (Phi) is 11.1. The molecule has 1 unspecified atom stereocenters. The number of hydrogen-bond donors (Lipinski definition) is 3. The Bertz CT molecular complexity index is 1590. The summed E-state index contributed by atoms with van der Waals surface area (Å²) in [7, 11) is -3.86. The molecule has 1 saturated heterocycles. The number of hydrogen-bond acceptors (Lipinski definition) is 9. The second kappa shape index (κ2) is 15.5. The number of carbonyl (C=O) groups excluding carboxylic acids is 4. The smallest absolute Gasteiger partial charge is 0.408 e. The monoisotopic (exact) mass is 711 g/mol. The van der Waals surface area contributed by atoms with Crippen LogP contribution in [0, 0.1) is 5.92 Å². The summed E-state index contributed by atoms with van der Waals surface area (Å²) in [6.07, 6.45) is 11.1. The number of ether oxygens (including phenoxy) is 1. The lowest BCUT2D eigenvalue weighted by Gasteiger charge is -2.30. The van der Waals surface area contributed by atoms with Crippen LogP contribution in [0.1, 0.15) is 102 Å². The van der Waals surface area contributed by atoms with Crippen LogP contribution in [-0.2, 0) is 34.0 Å². The number of carbonyl (C=O) groups is 4. The number of nitrogens with one attached hydrogen (secondary N) is 3. The molecule has 1 aromatic carbocycles. The van der Waals surface area contributed by atoms with Crippen LogP contribution >= 0.6 is 0 Å². The average Bonchev–Trinajstić information content (AvgIpc) is 4.00. The van der Waals surface area contributed by atoms with Gasteiger partial charge in [-0.15, -0.1) is 0 Å². The number of amides is 4. The highest BCUT2D eigenvalue weighted by Gasteiger charge is 2.62. The van der Waals surface area contributed by atoms with E-state index < -0.39 is 68.7 Å². The summed E-state index contributed by atoms with van der Waals surface area (Å²) in [4.78, 5) is 62.5. The van der Waals surface area contributed by atoms with Crippen LogP contribution in [0.2, 0.25) is 0 Å². The first-order valence-corrected chi connectivity index (χ1v) is 19.7. The number of oxime groups is 1. The van der Waals surface area contributed by atoms with E-state index in [-0.39, 0.29) is 25.5 Å². The molecule has 272 valence electrons. The van der Waals surface area contributed by atoms with Gasteiger partial charge in [0.05, 0.1) is 17.5 Å². The fourth-order valence-electron chi connectivity index (χ4n) is 6.90. The second-order valence-corrected chi connectivity index (χ2v) is 16.3. The molecule has 0 bridgehead atoms. The highest BCUT2D eigenvalue weighted by atomic mass is 32.2. The highest BCUT2D eigenvalue weighted by Crippen LogP contribution is 2.46. The molecule has 4 fully saturated rings. The number of allylic oxidation sites excluding steroid dienone is 1. The molecule has 0 radical (unpaired) electrons. The number of alkyl carbamates (subject to hydrolysis) is 1. The number of rotatable bonds is 10. The van der Waals surface area contributed by atoms with Crippen molar-refractivity contribution in [3.8, 4) is 0 Å². The third-order valence-electron chi connectivity index (χ3n) is 10.4. The summed E-state index contributed by atoms with van der Waals surface area (Å²) < 4.78 is 33.3. The van der Waals surface area contributed by atoms with Crippen molar-refractivity contribution in [1.82, 2.24) is 20.3 Å². The SMILES string of the molecule is CCC/C(=N\O[C@@H]1C[C@H]2C(=O)NC3(C(=O)NS(=O)(=O)C4CC4)C[C@H]3/C=C\CCCCC[C@H](NC(=O)OC3CCC3)C(=O)N2C1)c1ccccc1. The quantitative estimate of drug-likeness (QED) is 0.187. The minimum atomic E-state index is -3.86. The maximum Gasteiger partial charge on any atom is 0.408 e. The molecular weight excluding hydrogens is 662 g/mol. The second-order valence-electron chi connectivity index (χ2n) is 14.3. The van der Waals surface area contributed by atoms with Gasteiger partial charge in [-0.3, -0.25) is 19.1 Å². The Hall–Kier alpha value is -3.94. The van der Waals surface area contributed by atoms with Crippen molar-refractivity contribution in [1.29, 1.82) is 0 Å². The molecule has 3 aliphatic carbocycles. The van der Waals surface area contributed by atoms with E-state index in [1.807, 2.05) is 49.4 Å². The lowest BCUT2D eigenvalue weighted by atomic mass is 9.96. The van der Waals surface area contributed by atoms with Gasteiger partial charge < -0.3 is 25.1 Å². The highest BCUT2D eigenvalue weighted by molar-refractivity contribution is 7.91. The summed E-state index contributed by atoms with van der Waals surface area (Å²) in [5.74, 6) is -2.20. The maximum atomic E-state index is 14.3. The van der Waals surface area contributed by atoms with Crippen molar-refractivity contribution in [3.63, 3.8) is 0 Å². The van der Waals surface area contributed by atoms with Crippen molar-refractivity contribution in [2.75, 3.05) is 6.54 Å². The molecule has 3 N–H and O–H groups in total. The van der Waals surface area contributed by atoms with E-state index in [1.54, 1.807) is 0 Å². The lowest BCUT2D eigenvalue weighted by Crippen LogP contribution is -2.58. The van der Waals surface area contributed by atoms with Gasteiger partial charge in [-0.2, -0.15) is 0 Å². The first-order valence-electron chi connectivity index (χ1n) is 18.2. The first-order chi connectivity index (χ1) is 24.1. The fourth-order valence-corrected chi connectivity index (χ4v) is 8.27. The standard InChI is InChI=1S/C36H49N5O8S/c1-2-12-29(24-13-7-6-8-14-24)39-49-27-21-31-32(42)38-36(34(44)40-50(46,47)28-19-20-28)22-25(36)15-9-4-3-5-10-18-30(33(43)41(31)23-27)37-35(45)48-26-16-11-17-26/h6-9,13-15,25-28,30-31H,2-5,10-12,16-23H2,1H3,(H,37,45)(H,38,42)(H,40,44)/b15-9-,39-29+/t25-,27-,30+,31+,36?/m1/s1. The molecule has 3 saturated carbocycles. The third-order valence-corrected chi connectivity index (χ3v) is 12.2. The van der Waals surface area contributed by atoms with E-state index in [0.29, 0.717) is 32.1 Å². The fraction of sp³-hybridized carbons (Fsp3) is 0.639. The van der Waals surface area contributed by atoms with Crippen LogP contribution in [0.3, 0.4) is 0 Å². The minimum Gasteiger partial charge on any atom is -0.446 e. The summed E-state index contributed by atoms with van der Waals surface area (Å²) >= 11 is 0. The van der Waals surface area contributed by atoms with Gasteiger partial charge in [0.15, 0.2) is 0 Å². The largest absolute Gasteiger partial charge is 0.446 e. The predicted molar refractivity (Wildman–Crippen MR) is 185 cm³/mol. The van der Waals surface area contributed by atoms with Gasteiger partial charge >= 0.3 is 6.09 Å². The van der Waals surface area contributed by atoms with E-state index in [2.05, 4.69) is 20.5 Å². The molecule has 1 aromatic rings. The predicted octanol–water partition coefficient (Wildman–Crippen LogP) is 3.83. The molecule has 6 rings (SSSR count). The Morgan fingerprint density at radius 3 is 2.50 bits per heavy atom. The molecule has 4 amide bonds. The zero-order valence-electron chi connectivity index (χ0n) is 28.7. The molecule has 0 aromatic heterocycles. The molecule has 2 heterocycles. The number of benzene rings is 1. The van der Waals surface area contributed by atoms with E-state index >= 15 is 0 Å². The third kappa shape index (κ3) is 8.50. The molecule has 0 spiro atoms. The summed E-state index contributed by atoms with van der Waals surface area (Å²) in [5.41, 5.74) is 0.187. The lowest BCUT2D eigenvalue weighted by molar-refractivity contribution is -0.141.